The van der Waals surface area contributed by atoms with Gasteiger partial charge in [0.25, 0.3) is 11.8 Å². The van der Waals surface area contributed by atoms with E-state index in [1.54, 1.807) is 0 Å². The number of amides is 2. The zero-order valence-corrected chi connectivity index (χ0v) is 20.8. The van der Waals surface area contributed by atoms with Gasteiger partial charge in [-0.2, -0.15) is 13.2 Å². The standard InChI is InChI=1S/C21H16F3N5O8S2/c22-21(23,24)19(34)37-10-3-1-9(2-4-10)36-5-8-6-38-17-13(16(31)29(17)14(8)18(32)33)27-15(30)12(28-35)11-7-39-20(25)26-11/h1-4,7,12-13,17H,5-6H2,(H2,25,26)(H,27,30)(H,32,33)/t12?,13?,17-/m0/s1. The highest BCUT2D eigenvalue weighted by Crippen LogP contribution is 2.41. The van der Waals surface area contributed by atoms with Crippen LogP contribution in [0, 0.1) is 4.91 Å². The first kappa shape index (κ1) is 27.8. The number of benzene rings is 1. The number of aliphatic carboxylic acids is 1. The molecule has 2 aromatic rings. The van der Waals surface area contributed by atoms with Crippen molar-refractivity contribution in [3.63, 3.8) is 0 Å². The van der Waals surface area contributed by atoms with Gasteiger partial charge in [-0.25, -0.2) is 14.6 Å². The summed E-state index contributed by atoms with van der Waals surface area (Å²) in [6, 6.07) is 1.89. The SMILES string of the molecule is Nc1nc(C(N=O)C(=O)NC2C(=O)N3C(C(=O)O)=C(COc4ccc(OC(=O)C(F)(F)F)cc4)CS[C@@H]23)cs1. The maximum atomic E-state index is 12.8. The summed E-state index contributed by atoms with van der Waals surface area (Å²) >= 11 is 2.14. The number of carboxylic acid groups (broad SMARTS) is 1. The second kappa shape index (κ2) is 10.9. The second-order valence-electron chi connectivity index (χ2n) is 7.92. The van der Waals surface area contributed by atoms with Crippen LogP contribution in [0.5, 0.6) is 11.5 Å². The number of nitrogens with one attached hydrogen (secondary N) is 1. The molecule has 18 heteroatoms. The molecule has 4 N–H and O–H groups in total. The molecule has 2 unspecified atom stereocenters. The number of thiazole rings is 1. The molecule has 3 atom stereocenters. The number of hydrogen-bond acceptors (Lipinski definition) is 12. The van der Waals surface area contributed by atoms with E-state index >= 15 is 0 Å². The second-order valence-corrected chi connectivity index (χ2v) is 9.91. The van der Waals surface area contributed by atoms with Gasteiger partial charge in [0.2, 0.25) is 6.04 Å². The number of carbonyl (C=O) groups is 4. The monoisotopic (exact) mass is 587 g/mol. The van der Waals surface area contributed by atoms with Gasteiger partial charge in [-0.3, -0.25) is 14.5 Å². The van der Waals surface area contributed by atoms with Crippen LogP contribution in [-0.2, 0) is 19.2 Å². The van der Waals surface area contributed by atoms with Crippen molar-refractivity contribution in [1.82, 2.24) is 15.2 Å². The minimum absolute atomic E-state index is 0.0158. The number of aromatic nitrogens is 1. The molecule has 13 nitrogen and oxygen atoms in total. The molecule has 3 heterocycles. The molecule has 2 aliphatic rings. The van der Waals surface area contributed by atoms with E-state index < -0.39 is 47.4 Å². The molecule has 4 rings (SSSR count). The molecule has 0 bridgehead atoms. The number of nitrogens with zero attached hydrogens (tertiary/aromatic N) is 3. The van der Waals surface area contributed by atoms with Crippen molar-refractivity contribution < 1.29 is 46.9 Å². The Balaban J connectivity index is 1.41. The first-order valence-electron chi connectivity index (χ1n) is 10.7. The van der Waals surface area contributed by atoms with Crippen molar-refractivity contribution in [2.75, 3.05) is 18.1 Å². The number of rotatable bonds is 9. The first-order chi connectivity index (χ1) is 18.4. The summed E-state index contributed by atoms with van der Waals surface area (Å²) in [5.74, 6) is -5.58. The highest BCUT2D eigenvalue weighted by Gasteiger charge is 2.54. The van der Waals surface area contributed by atoms with E-state index in [0.29, 0.717) is 0 Å². The van der Waals surface area contributed by atoms with Gasteiger partial charge in [-0.15, -0.1) is 28.0 Å². The number of β-lactam (4-membered cyclic amide) rings is 1. The van der Waals surface area contributed by atoms with Crippen LogP contribution < -0.4 is 20.5 Å². The summed E-state index contributed by atoms with van der Waals surface area (Å²) in [5.41, 5.74) is 5.41. The maximum absolute atomic E-state index is 12.8. The van der Waals surface area contributed by atoms with Crippen molar-refractivity contribution in [2.45, 2.75) is 23.6 Å². The van der Waals surface area contributed by atoms with Gasteiger partial charge >= 0.3 is 18.1 Å². The molecular weight excluding hydrogens is 571 g/mol. The molecule has 0 saturated carbocycles. The lowest BCUT2D eigenvalue weighted by molar-refractivity contribution is -0.189. The van der Waals surface area contributed by atoms with E-state index in [-0.39, 0.29) is 46.0 Å². The lowest BCUT2D eigenvalue weighted by Gasteiger charge is -2.49. The molecule has 39 heavy (non-hydrogen) atoms. The van der Waals surface area contributed by atoms with E-state index in [4.69, 9.17) is 10.5 Å². The van der Waals surface area contributed by atoms with Crippen molar-refractivity contribution in [2.24, 2.45) is 5.18 Å². The lowest BCUT2D eigenvalue weighted by atomic mass is 10.0. The fourth-order valence-electron chi connectivity index (χ4n) is 3.63. The van der Waals surface area contributed by atoms with Crippen LogP contribution in [0.2, 0.25) is 0 Å². The summed E-state index contributed by atoms with van der Waals surface area (Å²) in [6.45, 7) is -0.285. The molecule has 0 aliphatic carbocycles. The third kappa shape index (κ3) is 5.80. The Morgan fingerprint density at radius 2 is 1.92 bits per heavy atom. The average molecular weight is 588 g/mol. The molecule has 1 saturated heterocycles. The van der Waals surface area contributed by atoms with E-state index in [1.165, 1.54) is 17.5 Å². The van der Waals surface area contributed by atoms with Crippen LogP contribution in [-0.4, -0.2) is 68.7 Å². The Kier molecular flexibility index (Phi) is 7.77. The predicted octanol–water partition coefficient (Wildman–Crippen LogP) is 1.82. The number of hydrogen-bond donors (Lipinski definition) is 3. The minimum atomic E-state index is -5.16. The zero-order valence-electron chi connectivity index (χ0n) is 19.2. The number of fused-ring (bicyclic) bond motifs is 1. The molecular formula is C21H16F3N5O8S2. The molecule has 1 aromatic carbocycles. The number of nitrogens with two attached hydrogens (primary N) is 1. The highest BCUT2D eigenvalue weighted by molar-refractivity contribution is 8.00. The maximum Gasteiger partial charge on any atom is 0.491 e. The largest absolute Gasteiger partial charge is 0.491 e. The van der Waals surface area contributed by atoms with Crippen LogP contribution >= 0.6 is 23.1 Å². The molecule has 0 radical (unpaired) electrons. The summed E-state index contributed by atoms with van der Waals surface area (Å²) < 4.78 is 46.7. The van der Waals surface area contributed by atoms with Gasteiger partial charge in [0.15, 0.2) is 5.13 Å². The average Bonchev–Trinajstić information content (AvgIpc) is 3.31. The Labute approximate surface area is 224 Å². The lowest BCUT2D eigenvalue weighted by Crippen LogP contribution is -2.71. The Bertz CT molecular complexity index is 1360. The van der Waals surface area contributed by atoms with Crippen LogP contribution in [0.1, 0.15) is 11.7 Å². The third-order valence-corrected chi connectivity index (χ3v) is 7.43. The fraction of sp³-hybridized carbons (Fsp3) is 0.286. The van der Waals surface area contributed by atoms with Crippen LogP contribution in [0.15, 0.2) is 46.1 Å². The summed E-state index contributed by atoms with van der Waals surface area (Å²) in [6.07, 6.45) is -5.16. The number of anilines is 1. The molecule has 2 aliphatic heterocycles. The molecule has 1 fully saturated rings. The van der Waals surface area contributed by atoms with Gasteiger partial charge < -0.3 is 25.6 Å². The quantitative estimate of drug-likeness (QED) is 0.168. The molecule has 1 aromatic heterocycles. The van der Waals surface area contributed by atoms with Crippen molar-refractivity contribution >= 4 is 52.0 Å². The summed E-state index contributed by atoms with van der Waals surface area (Å²) in [7, 11) is 0. The van der Waals surface area contributed by atoms with Crippen molar-refractivity contribution in [3.05, 3.63) is 51.5 Å². The van der Waals surface area contributed by atoms with Crippen molar-refractivity contribution in [3.8, 4) is 11.5 Å². The Hall–Kier alpha value is -4.19. The van der Waals surface area contributed by atoms with Gasteiger partial charge in [0.05, 0.1) is 5.69 Å². The number of halogens is 3. The van der Waals surface area contributed by atoms with Crippen LogP contribution in [0.25, 0.3) is 0 Å². The van der Waals surface area contributed by atoms with Crippen LogP contribution in [0.4, 0.5) is 18.3 Å². The van der Waals surface area contributed by atoms with E-state index in [2.05, 4.69) is 20.2 Å². The number of esters is 1. The molecule has 206 valence electrons. The van der Waals surface area contributed by atoms with Crippen molar-refractivity contribution in [1.29, 1.82) is 0 Å². The number of alkyl halides is 3. The van der Waals surface area contributed by atoms with Gasteiger partial charge in [0, 0.05) is 16.7 Å². The third-order valence-electron chi connectivity index (χ3n) is 5.40. The fourth-order valence-corrected chi connectivity index (χ4v) is 5.54. The zero-order chi connectivity index (χ0) is 28.5. The van der Waals surface area contributed by atoms with E-state index in [9.17, 15) is 42.4 Å². The Morgan fingerprint density at radius 3 is 2.49 bits per heavy atom. The van der Waals surface area contributed by atoms with Crippen LogP contribution in [0.3, 0.4) is 0 Å². The normalized spacial score (nSPS) is 19.5. The molecule has 0 spiro atoms. The summed E-state index contributed by atoms with van der Waals surface area (Å²) in [5, 5.41) is 15.6. The molecule has 2 amide bonds. The number of carboxylic acids is 1. The first-order valence-corrected chi connectivity index (χ1v) is 12.6. The van der Waals surface area contributed by atoms with E-state index in [0.717, 1.165) is 40.1 Å². The smallest absolute Gasteiger partial charge is 0.489 e. The topological polar surface area (TPSA) is 191 Å². The number of carbonyl (C=O) groups excluding carboxylic acids is 3. The van der Waals surface area contributed by atoms with Gasteiger partial charge in [0.1, 0.15) is 35.2 Å². The minimum Gasteiger partial charge on any atom is -0.489 e. The predicted molar refractivity (Wildman–Crippen MR) is 128 cm³/mol. The summed E-state index contributed by atoms with van der Waals surface area (Å²) in [4.78, 5) is 64.4. The number of ether oxygens (including phenoxy) is 2. The van der Waals surface area contributed by atoms with Gasteiger partial charge in [-0.1, -0.05) is 0 Å². The number of thioether (sulfide) groups is 1. The van der Waals surface area contributed by atoms with Gasteiger partial charge in [-0.05, 0) is 29.4 Å². The number of nitrogen functional groups attached to an aromatic ring is 1. The Morgan fingerprint density at radius 1 is 1.26 bits per heavy atom. The number of nitroso groups, excluding NO2 is 1. The highest BCUT2D eigenvalue weighted by atomic mass is 32.2. The van der Waals surface area contributed by atoms with E-state index in [1.807, 2.05) is 0 Å².